The zero-order valence-corrected chi connectivity index (χ0v) is 13.7. The van der Waals surface area contributed by atoms with Gasteiger partial charge in [-0.15, -0.1) is 0 Å². The van der Waals surface area contributed by atoms with Crippen molar-refractivity contribution in [3.05, 3.63) is 66.2 Å². The van der Waals surface area contributed by atoms with Gasteiger partial charge in [0.2, 0.25) is 0 Å². The summed E-state index contributed by atoms with van der Waals surface area (Å²) in [6, 6.07) is 15.5. The molecule has 0 spiro atoms. The molecule has 0 saturated carbocycles. The minimum absolute atomic E-state index is 0.111. The summed E-state index contributed by atoms with van der Waals surface area (Å²) in [5.74, 6) is -0.693. The number of nitrogens with one attached hydrogen (secondary N) is 2. The van der Waals surface area contributed by atoms with Gasteiger partial charge in [0.05, 0.1) is 0 Å². The Morgan fingerprint density at radius 2 is 2.04 bits per heavy atom. The molecule has 0 aliphatic carbocycles. The Hall–Kier alpha value is -2.75. The smallest absolute Gasteiger partial charge is 0.326 e. The average molecular weight is 322 g/mol. The summed E-state index contributed by atoms with van der Waals surface area (Å²) in [6.07, 6.45) is 5.74. The minimum Gasteiger partial charge on any atom is -0.480 e. The fourth-order valence-corrected chi connectivity index (χ4v) is 3.04. The molecule has 3 rings (SSSR count). The van der Waals surface area contributed by atoms with Crippen molar-refractivity contribution in [3.8, 4) is 0 Å². The molecule has 4 nitrogen and oxygen atoms in total. The van der Waals surface area contributed by atoms with Gasteiger partial charge in [0, 0.05) is 23.0 Å². The number of allylic oxidation sites excluding steroid dienone is 2. The van der Waals surface area contributed by atoms with Crippen molar-refractivity contribution in [2.24, 2.45) is 0 Å². The largest absolute Gasteiger partial charge is 0.480 e. The van der Waals surface area contributed by atoms with Crippen LogP contribution in [0.25, 0.3) is 0 Å². The minimum atomic E-state index is -0.804. The number of aliphatic carboxylic acids is 1. The van der Waals surface area contributed by atoms with Crippen LogP contribution in [0.1, 0.15) is 31.2 Å². The van der Waals surface area contributed by atoms with Crippen molar-refractivity contribution in [2.75, 3.05) is 10.6 Å². The lowest BCUT2D eigenvalue weighted by Gasteiger charge is -2.30. The zero-order valence-electron chi connectivity index (χ0n) is 13.7. The Morgan fingerprint density at radius 1 is 1.25 bits per heavy atom. The number of benzene rings is 2. The van der Waals surface area contributed by atoms with E-state index in [-0.39, 0.29) is 5.92 Å². The molecule has 2 aromatic carbocycles. The summed E-state index contributed by atoms with van der Waals surface area (Å²) >= 11 is 0. The van der Waals surface area contributed by atoms with E-state index in [1.165, 1.54) is 0 Å². The van der Waals surface area contributed by atoms with Crippen LogP contribution in [0.5, 0.6) is 0 Å². The highest BCUT2D eigenvalue weighted by Crippen LogP contribution is 2.37. The van der Waals surface area contributed by atoms with E-state index < -0.39 is 12.0 Å². The van der Waals surface area contributed by atoms with E-state index in [1.807, 2.05) is 42.5 Å². The molecule has 1 heterocycles. The van der Waals surface area contributed by atoms with Gasteiger partial charge in [-0.1, -0.05) is 37.3 Å². The molecule has 0 aromatic heterocycles. The van der Waals surface area contributed by atoms with Gasteiger partial charge in [-0.2, -0.15) is 0 Å². The van der Waals surface area contributed by atoms with Crippen LogP contribution in [-0.2, 0) is 4.79 Å². The lowest BCUT2D eigenvalue weighted by Crippen LogP contribution is -2.34. The van der Waals surface area contributed by atoms with Crippen molar-refractivity contribution in [3.63, 3.8) is 0 Å². The molecule has 0 saturated heterocycles. The van der Waals surface area contributed by atoms with E-state index in [4.69, 9.17) is 0 Å². The lowest BCUT2D eigenvalue weighted by molar-refractivity contribution is -0.138. The first-order chi connectivity index (χ1) is 11.7. The van der Waals surface area contributed by atoms with Crippen LogP contribution in [0.3, 0.4) is 0 Å². The monoisotopic (exact) mass is 322 g/mol. The summed E-state index contributed by atoms with van der Waals surface area (Å²) < 4.78 is 0. The first kappa shape index (κ1) is 16.1. The first-order valence-electron chi connectivity index (χ1n) is 8.29. The summed E-state index contributed by atoms with van der Waals surface area (Å²) in [5.41, 5.74) is 4.08. The Labute approximate surface area is 142 Å². The molecule has 2 atom stereocenters. The van der Waals surface area contributed by atoms with E-state index in [0.29, 0.717) is 6.42 Å². The number of carboxylic acid groups (broad SMARTS) is 1. The van der Waals surface area contributed by atoms with Crippen molar-refractivity contribution < 1.29 is 9.90 Å². The third-order valence-electron chi connectivity index (χ3n) is 4.24. The van der Waals surface area contributed by atoms with Gasteiger partial charge >= 0.3 is 5.97 Å². The van der Waals surface area contributed by atoms with Crippen molar-refractivity contribution in [1.29, 1.82) is 0 Å². The first-order valence-corrected chi connectivity index (χ1v) is 8.29. The van der Waals surface area contributed by atoms with Crippen LogP contribution in [0.2, 0.25) is 0 Å². The van der Waals surface area contributed by atoms with Gasteiger partial charge in [0.1, 0.15) is 6.04 Å². The van der Waals surface area contributed by atoms with Crippen molar-refractivity contribution >= 4 is 23.0 Å². The molecule has 0 radical (unpaired) electrons. The molecule has 0 fully saturated rings. The number of fused-ring (bicyclic) bond motifs is 1. The van der Waals surface area contributed by atoms with Gasteiger partial charge in [-0.25, -0.2) is 4.79 Å². The fourth-order valence-electron chi connectivity index (χ4n) is 3.04. The summed E-state index contributed by atoms with van der Waals surface area (Å²) in [4.78, 5) is 11.4. The van der Waals surface area contributed by atoms with Crippen molar-refractivity contribution in [1.82, 2.24) is 0 Å². The van der Waals surface area contributed by atoms with E-state index in [2.05, 4.69) is 35.8 Å². The highest BCUT2D eigenvalue weighted by atomic mass is 16.4. The fraction of sp³-hybridized carbons (Fsp3) is 0.250. The highest BCUT2D eigenvalue weighted by Gasteiger charge is 2.29. The zero-order chi connectivity index (χ0) is 16.9. The topological polar surface area (TPSA) is 61.4 Å². The SMILES string of the molecule is CC/C=C\C1CC(C(=O)O)Nc2ccc(Nc3ccccc3)cc21. The molecule has 2 unspecified atom stereocenters. The quantitative estimate of drug-likeness (QED) is 0.695. The van der Waals surface area contributed by atoms with E-state index in [9.17, 15) is 9.90 Å². The Morgan fingerprint density at radius 3 is 2.75 bits per heavy atom. The molecular formula is C20H22N2O2. The van der Waals surface area contributed by atoms with Crippen LogP contribution >= 0.6 is 0 Å². The van der Waals surface area contributed by atoms with Crippen LogP contribution < -0.4 is 10.6 Å². The number of hydrogen-bond donors (Lipinski definition) is 3. The van der Waals surface area contributed by atoms with E-state index >= 15 is 0 Å². The van der Waals surface area contributed by atoms with Gasteiger partial charge in [-0.3, -0.25) is 0 Å². The second-order valence-corrected chi connectivity index (χ2v) is 6.01. The van der Waals surface area contributed by atoms with Crippen molar-refractivity contribution in [2.45, 2.75) is 31.7 Å². The second-order valence-electron chi connectivity index (χ2n) is 6.01. The summed E-state index contributed by atoms with van der Waals surface area (Å²) in [5, 5.41) is 15.9. The van der Waals surface area contributed by atoms with Crippen LogP contribution in [-0.4, -0.2) is 17.1 Å². The Balaban J connectivity index is 1.90. The molecule has 0 bridgehead atoms. The number of carboxylic acids is 1. The van der Waals surface area contributed by atoms with E-state index in [1.54, 1.807) is 0 Å². The molecular weight excluding hydrogens is 300 g/mol. The molecule has 0 amide bonds. The summed E-state index contributed by atoms with van der Waals surface area (Å²) in [7, 11) is 0. The molecule has 124 valence electrons. The molecule has 1 aliphatic rings. The predicted octanol–water partition coefficient (Wildman–Crippen LogP) is 4.75. The van der Waals surface area contributed by atoms with Crippen LogP contribution in [0.4, 0.5) is 17.1 Å². The molecule has 1 aliphatic heterocycles. The van der Waals surface area contributed by atoms with Crippen LogP contribution in [0, 0.1) is 0 Å². The lowest BCUT2D eigenvalue weighted by atomic mass is 9.86. The third kappa shape index (κ3) is 3.59. The second kappa shape index (κ2) is 7.21. The van der Waals surface area contributed by atoms with Crippen LogP contribution in [0.15, 0.2) is 60.7 Å². The molecule has 3 N–H and O–H groups in total. The third-order valence-corrected chi connectivity index (χ3v) is 4.24. The normalized spacial score (nSPS) is 19.5. The molecule has 4 heteroatoms. The Bertz CT molecular complexity index is 741. The maximum Gasteiger partial charge on any atom is 0.326 e. The average Bonchev–Trinajstić information content (AvgIpc) is 2.60. The highest BCUT2D eigenvalue weighted by molar-refractivity contribution is 5.80. The van der Waals surface area contributed by atoms with Gasteiger partial charge in [0.15, 0.2) is 0 Å². The standard InChI is InChI=1S/C20H22N2O2/c1-2-3-7-14-12-19(20(23)24)22-18-11-10-16(13-17(14)18)21-15-8-5-4-6-9-15/h3-11,13-14,19,21-22H,2,12H2,1H3,(H,23,24)/b7-3-. The molecule has 2 aromatic rings. The van der Waals surface area contributed by atoms with Gasteiger partial charge in [0.25, 0.3) is 0 Å². The number of carbonyl (C=O) groups is 1. The molecule has 24 heavy (non-hydrogen) atoms. The van der Waals surface area contributed by atoms with Gasteiger partial charge < -0.3 is 15.7 Å². The Kier molecular flexibility index (Phi) is 4.85. The number of hydrogen-bond acceptors (Lipinski definition) is 3. The van der Waals surface area contributed by atoms with Gasteiger partial charge in [-0.05, 0) is 48.7 Å². The maximum atomic E-state index is 11.4. The predicted molar refractivity (Wildman–Crippen MR) is 98.0 cm³/mol. The number of anilines is 3. The van der Waals surface area contributed by atoms with E-state index in [0.717, 1.165) is 29.0 Å². The maximum absolute atomic E-state index is 11.4. The number of para-hydroxylation sites is 1. The summed E-state index contributed by atoms with van der Waals surface area (Å²) in [6.45, 7) is 2.08. The number of rotatable bonds is 5.